The molecule has 0 radical (unpaired) electrons. The third-order valence-corrected chi connectivity index (χ3v) is 4.19. The van der Waals surface area contributed by atoms with Gasteiger partial charge in [-0.2, -0.15) is 0 Å². The molecule has 2 amide bonds. The molecule has 1 fully saturated rings. The maximum absolute atomic E-state index is 12.4. The molecular formula is C13H20N2O2S. The van der Waals surface area contributed by atoms with E-state index < -0.39 is 11.6 Å². The van der Waals surface area contributed by atoms with Crippen LogP contribution in [0.5, 0.6) is 0 Å². The Morgan fingerprint density at radius 2 is 2.22 bits per heavy atom. The van der Waals surface area contributed by atoms with E-state index in [1.807, 2.05) is 6.92 Å². The summed E-state index contributed by atoms with van der Waals surface area (Å²) in [6.07, 6.45) is 5.77. The van der Waals surface area contributed by atoms with E-state index in [1.165, 1.54) is 0 Å². The number of piperazine rings is 1. The van der Waals surface area contributed by atoms with Crippen molar-refractivity contribution in [1.29, 1.82) is 0 Å². The van der Waals surface area contributed by atoms with Crippen LogP contribution in [0.15, 0.2) is 0 Å². The average molecular weight is 268 g/mol. The number of amides is 2. The fraction of sp³-hybridized carbons (Fsp3) is 0.692. The molecule has 0 saturated carbocycles. The number of nitrogens with zero attached hydrogens (tertiary/aromatic N) is 1. The number of thioether (sulfide) groups is 1. The van der Waals surface area contributed by atoms with Crippen molar-refractivity contribution < 1.29 is 9.59 Å². The van der Waals surface area contributed by atoms with Crippen molar-refractivity contribution in [3.05, 3.63) is 0 Å². The van der Waals surface area contributed by atoms with Crippen LogP contribution in [0.4, 0.5) is 0 Å². The molecule has 1 heterocycles. The number of carbonyl (C=O) groups is 2. The van der Waals surface area contributed by atoms with Crippen molar-refractivity contribution in [3.8, 4) is 12.3 Å². The van der Waals surface area contributed by atoms with E-state index in [9.17, 15) is 9.59 Å². The Labute approximate surface area is 113 Å². The zero-order valence-electron chi connectivity index (χ0n) is 11.2. The third kappa shape index (κ3) is 2.99. The van der Waals surface area contributed by atoms with E-state index in [4.69, 9.17) is 6.42 Å². The Balaban J connectivity index is 2.71. The molecule has 1 aliphatic rings. The van der Waals surface area contributed by atoms with Gasteiger partial charge in [0.05, 0.1) is 5.75 Å². The van der Waals surface area contributed by atoms with Gasteiger partial charge in [-0.25, -0.2) is 0 Å². The first-order valence-electron chi connectivity index (χ1n) is 6.10. The molecule has 5 heteroatoms. The lowest BCUT2D eigenvalue weighted by Crippen LogP contribution is -2.68. The lowest BCUT2D eigenvalue weighted by atomic mass is 9.92. The van der Waals surface area contributed by atoms with Crippen molar-refractivity contribution in [2.24, 2.45) is 0 Å². The van der Waals surface area contributed by atoms with Gasteiger partial charge in [-0.15, -0.1) is 18.2 Å². The summed E-state index contributed by atoms with van der Waals surface area (Å²) in [7, 11) is 0. The van der Waals surface area contributed by atoms with E-state index in [-0.39, 0.29) is 11.8 Å². The minimum atomic E-state index is -0.764. The van der Waals surface area contributed by atoms with Gasteiger partial charge >= 0.3 is 0 Å². The van der Waals surface area contributed by atoms with E-state index in [2.05, 4.69) is 11.2 Å². The minimum absolute atomic E-state index is 0.00147. The maximum atomic E-state index is 12.4. The number of terminal acetylenes is 1. The summed E-state index contributed by atoms with van der Waals surface area (Å²) in [5.74, 6) is 3.85. The van der Waals surface area contributed by atoms with Gasteiger partial charge in [0.15, 0.2) is 0 Å². The summed E-state index contributed by atoms with van der Waals surface area (Å²) in [4.78, 5) is 25.9. The van der Waals surface area contributed by atoms with Crippen LogP contribution in [0.25, 0.3) is 0 Å². The third-order valence-electron chi connectivity index (χ3n) is 3.35. The predicted octanol–water partition coefficient (Wildman–Crippen LogP) is 0.868. The number of rotatable bonds is 5. The van der Waals surface area contributed by atoms with E-state index in [1.54, 1.807) is 30.5 Å². The van der Waals surface area contributed by atoms with Gasteiger partial charge in [-0.3, -0.25) is 9.59 Å². The van der Waals surface area contributed by atoms with Crippen LogP contribution in [-0.4, -0.2) is 46.3 Å². The Kier molecular flexibility index (Phi) is 5.09. The van der Waals surface area contributed by atoms with Gasteiger partial charge in [0, 0.05) is 12.3 Å². The Bertz CT molecular complexity index is 378. The summed E-state index contributed by atoms with van der Waals surface area (Å²) in [6, 6.07) is -0.399. The van der Waals surface area contributed by atoms with Crippen molar-refractivity contribution in [3.63, 3.8) is 0 Å². The van der Waals surface area contributed by atoms with Crippen LogP contribution < -0.4 is 5.32 Å². The fourth-order valence-corrected chi connectivity index (χ4v) is 2.48. The number of carbonyl (C=O) groups excluding carboxylic acids is 2. The molecule has 0 aromatic heterocycles. The Hall–Kier alpha value is -1.15. The van der Waals surface area contributed by atoms with Gasteiger partial charge in [-0.1, -0.05) is 12.8 Å². The molecule has 0 bridgehead atoms. The first kappa shape index (κ1) is 14.9. The van der Waals surface area contributed by atoms with Crippen molar-refractivity contribution in [2.45, 2.75) is 38.8 Å². The molecule has 1 rings (SSSR count). The predicted molar refractivity (Wildman–Crippen MR) is 74.2 cm³/mol. The van der Waals surface area contributed by atoms with E-state index in [0.29, 0.717) is 18.7 Å². The number of nitrogens with one attached hydrogen (secondary N) is 1. The van der Waals surface area contributed by atoms with E-state index >= 15 is 0 Å². The van der Waals surface area contributed by atoms with Crippen LogP contribution in [0.2, 0.25) is 0 Å². The second-order valence-electron chi connectivity index (χ2n) is 4.61. The molecule has 0 aliphatic carbocycles. The second kappa shape index (κ2) is 6.14. The van der Waals surface area contributed by atoms with Crippen molar-refractivity contribution >= 4 is 23.6 Å². The summed E-state index contributed by atoms with van der Waals surface area (Å²) in [5, 5.41) is 2.80. The Morgan fingerprint density at radius 1 is 1.56 bits per heavy atom. The first-order valence-corrected chi connectivity index (χ1v) is 7.26. The van der Waals surface area contributed by atoms with Crippen LogP contribution in [0.1, 0.15) is 27.2 Å². The molecule has 0 aromatic carbocycles. The summed E-state index contributed by atoms with van der Waals surface area (Å²) in [5.41, 5.74) is -0.764. The second-order valence-corrected chi connectivity index (χ2v) is 5.71. The topological polar surface area (TPSA) is 49.4 Å². The normalized spacial score (nSPS) is 27.9. The highest BCUT2D eigenvalue weighted by Crippen LogP contribution is 2.21. The van der Waals surface area contributed by atoms with Crippen molar-refractivity contribution in [2.75, 3.05) is 18.1 Å². The smallest absolute Gasteiger partial charge is 0.248 e. The summed E-state index contributed by atoms with van der Waals surface area (Å²) in [6.45, 7) is 6.00. The molecule has 0 spiro atoms. The quantitative estimate of drug-likeness (QED) is 0.594. The maximum Gasteiger partial charge on any atom is 0.248 e. The van der Waals surface area contributed by atoms with Gasteiger partial charge < -0.3 is 10.2 Å². The zero-order chi connectivity index (χ0) is 13.8. The highest BCUT2D eigenvalue weighted by molar-refractivity contribution is 7.99. The van der Waals surface area contributed by atoms with Crippen LogP contribution >= 0.6 is 11.8 Å². The summed E-state index contributed by atoms with van der Waals surface area (Å²) < 4.78 is 0. The van der Waals surface area contributed by atoms with Gasteiger partial charge in [-0.05, 0) is 20.3 Å². The van der Waals surface area contributed by atoms with Crippen LogP contribution in [0.3, 0.4) is 0 Å². The van der Waals surface area contributed by atoms with E-state index in [0.717, 1.165) is 5.75 Å². The lowest BCUT2D eigenvalue weighted by Gasteiger charge is -2.43. The molecule has 0 aromatic rings. The molecule has 18 heavy (non-hydrogen) atoms. The molecule has 2 unspecified atom stereocenters. The zero-order valence-corrected chi connectivity index (χ0v) is 12.0. The molecule has 100 valence electrons. The van der Waals surface area contributed by atoms with Crippen LogP contribution in [-0.2, 0) is 9.59 Å². The fourth-order valence-electron chi connectivity index (χ4n) is 1.89. The average Bonchev–Trinajstić information content (AvgIpc) is 2.36. The largest absolute Gasteiger partial charge is 0.340 e. The van der Waals surface area contributed by atoms with Crippen LogP contribution in [0, 0.1) is 12.3 Å². The van der Waals surface area contributed by atoms with Gasteiger partial charge in [0.2, 0.25) is 11.8 Å². The van der Waals surface area contributed by atoms with Crippen molar-refractivity contribution in [1.82, 2.24) is 10.2 Å². The molecule has 1 saturated heterocycles. The minimum Gasteiger partial charge on any atom is -0.340 e. The standard InChI is InChI=1S/C13H20N2O2S/c1-5-8-18-9-7-15-10(3)11(16)14-13(4,6-2)12(15)17/h1,10H,6-9H2,2-4H3,(H,14,16). The molecule has 1 N–H and O–H groups in total. The highest BCUT2D eigenvalue weighted by Gasteiger charge is 2.44. The first-order chi connectivity index (χ1) is 8.46. The van der Waals surface area contributed by atoms with Gasteiger partial charge in [0.25, 0.3) is 0 Å². The molecule has 2 atom stereocenters. The monoisotopic (exact) mass is 268 g/mol. The SMILES string of the molecule is C#CCSCCN1C(=O)C(C)(CC)NC(=O)C1C. The molecular weight excluding hydrogens is 248 g/mol. The Morgan fingerprint density at radius 3 is 2.78 bits per heavy atom. The molecule has 1 aliphatic heterocycles. The highest BCUT2D eigenvalue weighted by atomic mass is 32.2. The summed E-state index contributed by atoms with van der Waals surface area (Å²) >= 11 is 1.60. The molecule has 4 nitrogen and oxygen atoms in total. The lowest BCUT2D eigenvalue weighted by molar-refractivity contribution is -0.153. The van der Waals surface area contributed by atoms with Gasteiger partial charge in [0.1, 0.15) is 11.6 Å². The number of hydrogen-bond acceptors (Lipinski definition) is 3. The number of hydrogen-bond donors (Lipinski definition) is 1.